The fourth-order valence-corrected chi connectivity index (χ4v) is 1.34. The molecule has 0 saturated heterocycles. The van der Waals surface area contributed by atoms with Crippen molar-refractivity contribution in [2.75, 3.05) is 26.7 Å². The second kappa shape index (κ2) is 5.10. The Morgan fingerprint density at radius 3 is 2.07 bits per heavy atom. The lowest BCUT2D eigenvalue weighted by atomic mass is 9.93. The Labute approximate surface area is 88.3 Å². The maximum atomic E-state index is 9.57. The van der Waals surface area contributed by atoms with E-state index in [-0.39, 0.29) is 5.41 Å². The van der Waals surface area contributed by atoms with Crippen LogP contribution in [0.2, 0.25) is 0 Å². The minimum absolute atomic E-state index is 0.161. The van der Waals surface area contributed by atoms with Gasteiger partial charge in [-0.1, -0.05) is 13.8 Å². The van der Waals surface area contributed by atoms with E-state index in [0.29, 0.717) is 6.54 Å². The molecule has 0 aliphatic rings. The topological polar surface area (TPSA) is 49.5 Å². The Balaban J connectivity index is 3.82. The molecule has 0 aliphatic heterocycles. The van der Waals surface area contributed by atoms with Crippen LogP contribution in [0.15, 0.2) is 0 Å². The van der Waals surface area contributed by atoms with Gasteiger partial charge in [0.15, 0.2) is 0 Å². The summed E-state index contributed by atoms with van der Waals surface area (Å²) >= 11 is 0. The molecular formula is C11H26N2O. The van der Waals surface area contributed by atoms with Gasteiger partial charge >= 0.3 is 0 Å². The molecule has 0 aliphatic carbocycles. The van der Waals surface area contributed by atoms with Crippen molar-refractivity contribution in [3.63, 3.8) is 0 Å². The molecule has 0 amide bonds. The van der Waals surface area contributed by atoms with Gasteiger partial charge in [0.05, 0.1) is 5.60 Å². The molecule has 0 aromatic carbocycles. The van der Waals surface area contributed by atoms with E-state index in [4.69, 9.17) is 5.73 Å². The second-order valence-electron chi connectivity index (χ2n) is 5.67. The van der Waals surface area contributed by atoms with Crippen LogP contribution in [0.5, 0.6) is 0 Å². The summed E-state index contributed by atoms with van der Waals surface area (Å²) in [5.41, 5.74) is 5.25. The number of hydrogen-bond acceptors (Lipinski definition) is 3. The fourth-order valence-electron chi connectivity index (χ4n) is 1.34. The normalized spacial score (nSPS) is 13.7. The van der Waals surface area contributed by atoms with Gasteiger partial charge in [-0.05, 0) is 39.3 Å². The first-order chi connectivity index (χ1) is 6.16. The first kappa shape index (κ1) is 13.9. The summed E-state index contributed by atoms with van der Waals surface area (Å²) in [7, 11) is 2.07. The van der Waals surface area contributed by atoms with E-state index in [1.807, 2.05) is 13.8 Å². The highest BCUT2D eigenvalue weighted by atomic mass is 16.3. The van der Waals surface area contributed by atoms with Gasteiger partial charge in [0.1, 0.15) is 0 Å². The minimum atomic E-state index is -0.568. The summed E-state index contributed by atoms with van der Waals surface area (Å²) in [5.74, 6) is 0. The Kier molecular flexibility index (Phi) is 5.06. The van der Waals surface area contributed by atoms with Crippen LogP contribution >= 0.6 is 0 Å². The molecule has 0 heterocycles. The molecule has 86 valence electrons. The zero-order valence-corrected chi connectivity index (χ0v) is 10.3. The average Bonchev–Trinajstić information content (AvgIpc) is 1.99. The van der Waals surface area contributed by atoms with Crippen LogP contribution in [-0.2, 0) is 0 Å². The Hall–Kier alpha value is -0.120. The summed E-state index contributed by atoms with van der Waals surface area (Å²) in [5, 5.41) is 9.57. The lowest BCUT2D eigenvalue weighted by Crippen LogP contribution is -2.38. The standard InChI is InChI=1S/C11H26N2O/c1-10(2,8-12)9-13(5)7-6-11(3,4)14/h14H,6-9,12H2,1-5H3. The SMILES string of the molecule is CN(CCC(C)(C)O)CC(C)(C)CN. The van der Waals surface area contributed by atoms with Gasteiger partial charge in [-0.25, -0.2) is 0 Å². The second-order valence-corrected chi connectivity index (χ2v) is 5.67. The van der Waals surface area contributed by atoms with Gasteiger partial charge in [0.25, 0.3) is 0 Å². The van der Waals surface area contributed by atoms with Gasteiger partial charge in [-0.3, -0.25) is 0 Å². The molecule has 3 N–H and O–H groups in total. The summed E-state index contributed by atoms with van der Waals surface area (Å²) in [6, 6.07) is 0. The van der Waals surface area contributed by atoms with Gasteiger partial charge < -0.3 is 15.7 Å². The van der Waals surface area contributed by atoms with Crippen LogP contribution in [0.25, 0.3) is 0 Å². The van der Waals surface area contributed by atoms with Crippen molar-refractivity contribution in [2.45, 2.75) is 39.7 Å². The molecule has 0 fully saturated rings. The molecule has 0 unspecified atom stereocenters. The number of nitrogens with zero attached hydrogens (tertiary/aromatic N) is 1. The molecule has 3 heteroatoms. The van der Waals surface area contributed by atoms with Crippen LogP contribution in [0.3, 0.4) is 0 Å². The maximum absolute atomic E-state index is 9.57. The van der Waals surface area contributed by atoms with E-state index in [9.17, 15) is 5.11 Å². The number of aliphatic hydroxyl groups is 1. The Bertz CT molecular complexity index is 161. The Morgan fingerprint density at radius 1 is 1.21 bits per heavy atom. The first-order valence-electron chi connectivity index (χ1n) is 5.27. The van der Waals surface area contributed by atoms with Crippen LogP contribution in [0, 0.1) is 5.41 Å². The van der Waals surface area contributed by atoms with E-state index in [1.165, 1.54) is 0 Å². The zero-order valence-electron chi connectivity index (χ0n) is 10.3. The van der Waals surface area contributed by atoms with Crippen LogP contribution in [-0.4, -0.2) is 42.3 Å². The van der Waals surface area contributed by atoms with Crippen molar-refractivity contribution in [2.24, 2.45) is 11.1 Å². The highest BCUT2D eigenvalue weighted by Crippen LogP contribution is 2.15. The summed E-state index contributed by atoms with van der Waals surface area (Å²) in [6.45, 7) is 10.6. The number of rotatable bonds is 6. The van der Waals surface area contributed by atoms with E-state index >= 15 is 0 Å². The molecular weight excluding hydrogens is 176 g/mol. The molecule has 0 aromatic rings. The monoisotopic (exact) mass is 202 g/mol. The summed E-state index contributed by atoms with van der Waals surface area (Å²) in [4.78, 5) is 2.23. The van der Waals surface area contributed by atoms with Crippen LogP contribution in [0.4, 0.5) is 0 Å². The van der Waals surface area contributed by atoms with E-state index < -0.39 is 5.60 Å². The lowest BCUT2D eigenvalue weighted by Gasteiger charge is -2.30. The van der Waals surface area contributed by atoms with E-state index in [1.54, 1.807) is 0 Å². The van der Waals surface area contributed by atoms with Crippen molar-refractivity contribution in [1.82, 2.24) is 4.90 Å². The third-order valence-corrected chi connectivity index (χ3v) is 2.36. The summed E-state index contributed by atoms with van der Waals surface area (Å²) < 4.78 is 0. The Morgan fingerprint density at radius 2 is 1.71 bits per heavy atom. The molecule has 0 aromatic heterocycles. The van der Waals surface area contributed by atoms with Crippen molar-refractivity contribution in [3.8, 4) is 0 Å². The number of hydrogen-bond donors (Lipinski definition) is 2. The summed E-state index contributed by atoms with van der Waals surface area (Å²) in [6.07, 6.45) is 0.796. The predicted molar refractivity (Wildman–Crippen MR) is 61.2 cm³/mol. The molecule has 0 spiro atoms. The quantitative estimate of drug-likeness (QED) is 0.677. The van der Waals surface area contributed by atoms with Gasteiger partial charge in [-0.2, -0.15) is 0 Å². The molecule has 0 radical (unpaired) electrons. The van der Waals surface area contributed by atoms with Gasteiger partial charge in [-0.15, -0.1) is 0 Å². The molecule has 3 nitrogen and oxygen atoms in total. The van der Waals surface area contributed by atoms with Gasteiger partial charge in [0.2, 0.25) is 0 Å². The minimum Gasteiger partial charge on any atom is -0.390 e. The van der Waals surface area contributed by atoms with E-state index in [0.717, 1.165) is 19.5 Å². The van der Waals surface area contributed by atoms with Crippen molar-refractivity contribution >= 4 is 0 Å². The van der Waals surface area contributed by atoms with Crippen molar-refractivity contribution < 1.29 is 5.11 Å². The molecule has 0 rings (SSSR count). The highest BCUT2D eigenvalue weighted by molar-refractivity contribution is 4.75. The first-order valence-corrected chi connectivity index (χ1v) is 5.27. The smallest absolute Gasteiger partial charge is 0.0603 e. The maximum Gasteiger partial charge on any atom is 0.0603 e. The third kappa shape index (κ3) is 7.30. The third-order valence-electron chi connectivity index (χ3n) is 2.36. The van der Waals surface area contributed by atoms with E-state index in [2.05, 4.69) is 25.8 Å². The molecule has 0 atom stereocenters. The molecule has 0 bridgehead atoms. The van der Waals surface area contributed by atoms with Crippen molar-refractivity contribution in [1.29, 1.82) is 0 Å². The average molecular weight is 202 g/mol. The molecule has 14 heavy (non-hydrogen) atoms. The highest BCUT2D eigenvalue weighted by Gasteiger charge is 2.19. The molecule has 0 saturated carbocycles. The van der Waals surface area contributed by atoms with Gasteiger partial charge in [0, 0.05) is 13.1 Å². The lowest BCUT2D eigenvalue weighted by molar-refractivity contribution is 0.0566. The largest absolute Gasteiger partial charge is 0.390 e. The van der Waals surface area contributed by atoms with Crippen molar-refractivity contribution in [3.05, 3.63) is 0 Å². The fraction of sp³-hybridized carbons (Fsp3) is 1.00. The zero-order chi connectivity index (χ0) is 11.4. The number of nitrogens with two attached hydrogens (primary N) is 1. The van der Waals surface area contributed by atoms with Crippen LogP contribution in [0.1, 0.15) is 34.1 Å². The predicted octanol–water partition coefficient (Wildman–Crippen LogP) is 1.06. The van der Waals surface area contributed by atoms with Crippen LogP contribution < -0.4 is 5.73 Å².